The van der Waals surface area contributed by atoms with E-state index in [0.717, 1.165) is 17.7 Å². The Bertz CT molecular complexity index is 913. The smallest absolute Gasteiger partial charge is 0.267 e. The molecule has 116 valence electrons. The maximum Gasteiger partial charge on any atom is 0.282 e. The van der Waals surface area contributed by atoms with Crippen LogP contribution in [0.4, 0.5) is 0 Å². The van der Waals surface area contributed by atoms with Gasteiger partial charge < -0.3 is 0 Å². The number of hydrogen-bond acceptors (Lipinski definition) is 4. The van der Waals surface area contributed by atoms with Crippen molar-refractivity contribution in [2.45, 2.75) is 26.7 Å². The topological polar surface area (TPSA) is 60.1 Å². The SMILES string of the molecule is CCCc1nc2ccccc2c(=O)n1/N=C(\C)c1ccncc1. The van der Waals surface area contributed by atoms with Gasteiger partial charge in [-0.3, -0.25) is 9.78 Å². The third kappa shape index (κ3) is 3.04. The molecule has 2 heterocycles. The Kier molecular flexibility index (Phi) is 4.28. The zero-order valence-electron chi connectivity index (χ0n) is 13.2. The van der Waals surface area contributed by atoms with E-state index in [1.807, 2.05) is 37.3 Å². The highest BCUT2D eigenvalue weighted by Crippen LogP contribution is 2.10. The standard InChI is InChI=1S/C18H18N4O/c1-3-6-17-20-16-8-5-4-7-15(16)18(23)22(17)21-13(2)14-9-11-19-12-10-14/h4-5,7-12H,3,6H2,1-2H3/b21-13+. The van der Waals surface area contributed by atoms with Gasteiger partial charge in [-0.1, -0.05) is 19.1 Å². The summed E-state index contributed by atoms with van der Waals surface area (Å²) in [7, 11) is 0. The van der Waals surface area contributed by atoms with Crippen molar-refractivity contribution in [3.63, 3.8) is 0 Å². The molecule has 0 aliphatic rings. The minimum Gasteiger partial charge on any atom is -0.267 e. The van der Waals surface area contributed by atoms with E-state index in [9.17, 15) is 4.79 Å². The molecule has 0 aliphatic heterocycles. The van der Waals surface area contributed by atoms with Gasteiger partial charge in [0.05, 0.1) is 16.6 Å². The molecule has 23 heavy (non-hydrogen) atoms. The van der Waals surface area contributed by atoms with E-state index in [1.54, 1.807) is 18.5 Å². The van der Waals surface area contributed by atoms with Crippen molar-refractivity contribution in [3.8, 4) is 0 Å². The van der Waals surface area contributed by atoms with Crippen LogP contribution in [0.3, 0.4) is 0 Å². The number of hydrogen-bond donors (Lipinski definition) is 0. The molecule has 0 spiro atoms. The third-order valence-electron chi connectivity index (χ3n) is 3.64. The third-order valence-corrected chi connectivity index (χ3v) is 3.64. The van der Waals surface area contributed by atoms with Gasteiger partial charge in [0.2, 0.25) is 0 Å². The lowest BCUT2D eigenvalue weighted by molar-refractivity contribution is 0.701. The number of nitrogens with zero attached hydrogens (tertiary/aromatic N) is 4. The van der Waals surface area contributed by atoms with Gasteiger partial charge in [0, 0.05) is 24.4 Å². The molecule has 0 radical (unpaired) electrons. The Labute approximate surface area is 134 Å². The fourth-order valence-corrected chi connectivity index (χ4v) is 2.46. The van der Waals surface area contributed by atoms with Crippen molar-refractivity contribution >= 4 is 16.6 Å². The average Bonchev–Trinajstić information content (AvgIpc) is 2.59. The summed E-state index contributed by atoms with van der Waals surface area (Å²) in [4.78, 5) is 21.4. The van der Waals surface area contributed by atoms with Crippen LogP contribution in [0.1, 0.15) is 31.7 Å². The Morgan fingerprint density at radius 2 is 1.91 bits per heavy atom. The van der Waals surface area contributed by atoms with Gasteiger partial charge in [-0.25, -0.2) is 4.98 Å². The molecular formula is C18H18N4O. The van der Waals surface area contributed by atoms with E-state index in [4.69, 9.17) is 0 Å². The number of aromatic nitrogens is 3. The highest BCUT2D eigenvalue weighted by atomic mass is 16.1. The Morgan fingerprint density at radius 1 is 1.17 bits per heavy atom. The molecule has 3 rings (SSSR count). The first kappa shape index (κ1) is 15.1. The Morgan fingerprint density at radius 3 is 2.65 bits per heavy atom. The molecule has 0 saturated carbocycles. The molecule has 0 bridgehead atoms. The second-order valence-electron chi connectivity index (χ2n) is 5.33. The highest BCUT2D eigenvalue weighted by Gasteiger charge is 2.10. The summed E-state index contributed by atoms with van der Waals surface area (Å²) < 4.78 is 1.43. The van der Waals surface area contributed by atoms with Crippen LogP contribution in [-0.4, -0.2) is 20.4 Å². The van der Waals surface area contributed by atoms with Gasteiger partial charge in [0.1, 0.15) is 5.82 Å². The van der Waals surface area contributed by atoms with Gasteiger partial charge in [-0.2, -0.15) is 9.78 Å². The first-order valence-electron chi connectivity index (χ1n) is 7.67. The van der Waals surface area contributed by atoms with Crippen molar-refractivity contribution in [1.29, 1.82) is 0 Å². The normalized spacial score (nSPS) is 11.8. The minimum atomic E-state index is -0.132. The number of para-hydroxylation sites is 1. The first-order valence-corrected chi connectivity index (χ1v) is 7.67. The summed E-state index contributed by atoms with van der Waals surface area (Å²) in [6, 6.07) is 11.1. The number of rotatable bonds is 4. The van der Waals surface area contributed by atoms with Gasteiger partial charge in [0.25, 0.3) is 5.56 Å². The van der Waals surface area contributed by atoms with Gasteiger partial charge >= 0.3 is 0 Å². The maximum atomic E-state index is 12.8. The maximum absolute atomic E-state index is 12.8. The Hall–Kier alpha value is -2.82. The second-order valence-corrected chi connectivity index (χ2v) is 5.33. The van der Waals surface area contributed by atoms with Crippen LogP contribution in [0.25, 0.3) is 10.9 Å². The lowest BCUT2D eigenvalue weighted by atomic mass is 10.2. The largest absolute Gasteiger partial charge is 0.282 e. The molecule has 0 fully saturated rings. The predicted molar refractivity (Wildman–Crippen MR) is 91.8 cm³/mol. The predicted octanol–water partition coefficient (Wildman–Crippen LogP) is 3.02. The summed E-state index contributed by atoms with van der Waals surface area (Å²) >= 11 is 0. The number of pyridine rings is 1. The molecule has 5 nitrogen and oxygen atoms in total. The van der Waals surface area contributed by atoms with E-state index in [1.165, 1.54) is 4.68 Å². The van der Waals surface area contributed by atoms with Gasteiger partial charge in [-0.15, -0.1) is 0 Å². The summed E-state index contributed by atoms with van der Waals surface area (Å²) in [5, 5.41) is 5.11. The van der Waals surface area contributed by atoms with Crippen LogP contribution < -0.4 is 5.56 Å². The molecule has 0 amide bonds. The molecule has 3 aromatic rings. The quantitative estimate of drug-likeness (QED) is 0.696. The van der Waals surface area contributed by atoms with Gasteiger partial charge in [0.15, 0.2) is 0 Å². The average molecular weight is 306 g/mol. The monoisotopic (exact) mass is 306 g/mol. The summed E-state index contributed by atoms with van der Waals surface area (Å²) in [5.74, 6) is 0.685. The lowest BCUT2D eigenvalue weighted by Gasteiger charge is -2.10. The molecule has 2 aromatic heterocycles. The molecule has 0 unspecified atom stereocenters. The number of benzene rings is 1. The van der Waals surface area contributed by atoms with Crippen LogP contribution >= 0.6 is 0 Å². The molecule has 0 saturated heterocycles. The number of aryl methyl sites for hydroxylation is 1. The molecule has 1 aromatic carbocycles. The zero-order valence-corrected chi connectivity index (χ0v) is 13.2. The fourth-order valence-electron chi connectivity index (χ4n) is 2.46. The van der Waals surface area contributed by atoms with E-state index in [0.29, 0.717) is 23.1 Å². The number of fused-ring (bicyclic) bond motifs is 1. The van der Waals surface area contributed by atoms with Crippen molar-refractivity contribution in [2.75, 3.05) is 0 Å². The van der Waals surface area contributed by atoms with Crippen LogP contribution in [0, 0.1) is 0 Å². The van der Waals surface area contributed by atoms with Crippen molar-refractivity contribution in [2.24, 2.45) is 5.10 Å². The van der Waals surface area contributed by atoms with Crippen LogP contribution in [0.2, 0.25) is 0 Å². The van der Waals surface area contributed by atoms with Crippen LogP contribution in [0.15, 0.2) is 58.7 Å². The van der Waals surface area contributed by atoms with Crippen LogP contribution in [-0.2, 0) is 6.42 Å². The summed E-state index contributed by atoms with van der Waals surface area (Å²) in [5.41, 5.74) is 2.27. The molecule has 0 N–H and O–H groups in total. The lowest BCUT2D eigenvalue weighted by Crippen LogP contribution is -2.23. The van der Waals surface area contributed by atoms with Crippen LogP contribution in [0.5, 0.6) is 0 Å². The fraction of sp³-hybridized carbons (Fsp3) is 0.222. The van der Waals surface area contributed by atoms with Gasteiger partial charge in [-0.05, 0) is 37.6 Å². The molecular weight excluding hydrogens is 288 g/mol. The summed E-state index contributed by atoms with van der Waals surface area (Å²) in [6.07, 6.45) is 5.02. The second kappa shape index (κ2) is 6.52. The molecule has 5 heteroatoms. The highest BCUT2D eigenvalue weighted by molar-refractivity contribution is 5.98. The van der Waals surface area contributed by atoms with E-state index < -0.39 is 0 Å². The summed E-state index contributed by atoms with van der Waals surface area (Å²) in [6.45, 7) is 3.94. The van der Waals surface area contributed by atoms with E-state index >= 15 is 0 Å². The molecule has 0 aliphatic carbocycles. The first-order chi connectivity index (χ1) is 11.2. The molecule has 0 atom stereocenters. The zero-order chi connectivity index (χ0) is 16.2. The van der Waals surface area contributed by atoms with Crippen molar-refractivity contribution < 1.29 is 0 Å². The van der Waals surface area contributed by atoms with E-state index in [-0.39, 0.29) is 5.56 Å². The van der Waals surface area contributed by atoms with Crippen molar-refractivity contribution in [1.82, 2.24) is 14.6 Å². The van der Waals surface area contributed by atoms with Crippen molar-refractivity contribution in [3.05, 3.63) is 70.5 Å². The minimum absolute atomic E-state index is 0.132. The Balaban J connectivity index is 2.21. The van der Waals surface area contributed by atoms with E-state index in [2.05, 4.69) is 22.0 Å².